The summed E-state index contributed by atoms with van der Waals surface area (Å²) in [5.41, 5.74) is 0. The third-order valence-electron chi connectivity index (χ3n) is 2.29. The maximum absolute atomic E-state index is 10.9. The van der Waals surface area contributed by atoms with Gasteiger partial charge >= 0.3 is 0 Å². The fourth-order valence-electron chi connectivity index (χ4n) is 1.46. The van der Waals surface area contributed by atoms with Crippen LogP contribution in [0.15, 0.2) is 0 Å². The molecule has 0 aromatic rings. The number of aliphatic hydroxyl groups is 4. The Morgan fingerprint density at radius 2 is 2.07 bits per heavy atom. The molecule has 1 heterocycles. The number of rotatable bonds is 3. The quantitative estimate of drug-likeness (QED) is 0.338. The number of hydrogen-bond donors (Lipinski definition) is 5. The van der Waals surface area contributed by atoms with Crippen molar-refractivity contribution in [3.63, 3.8) is 0 Å². The van der Waals surface area contributed by atoms with Crippen LogP contribution in [-0.4, -0.2) is 70.5 Å². The molecule has 0 saturated carbocycles. The molecule has 7 nitrogen and oxygen atoms in total. The minimum Gasteiger partial charge on any atom is -0.394 e. The lowest BCUT2D eigenvalue weighted by Crippen LogP contribution is -2.61. The monoisotopic (exact) mass is 221 g/mol. The van der Waals surface area contributed by atoms with E-state index in [2.05, 4.69) is 5.32 Å². The van der Waals surface area contributed by atoms with E-state index in [0.29, 0.717) is 0 Å². The molecule has 0 unspecified atom stereocenters. The molecule has 88 valence electrons. The van der Waals surface area contributed by atoms with Gasteiger partial charge < -0.3 is 30.5 Å². The zero-order valence-corrected chi connectivity index (χ0v) is 8.04. The van der Waals surface area contributed by atoms with Crippen molar-refractivity contribution >= 4 is 5.91 Å². The minimum atomic E-state index is -1.22. The van der Waals surface area contributed by atoms with Gasteiger partial charge in [0, 0.05) is 0 Å². The molecule has 0 bridgehead atoms. The predicted octanol–water partition coefficient (Wildman–Crippen LogP) is -3.42. The van der Waals surface area contributed by atoms with Gasteiger partial charge in [0.05, 0.1) is 19.3 Å². The lowest BCUT2D eigenvalue weighted by Gasteiger charge is -2.37. The van der Waals surface area contributed by atoms with E-state index >= 15 is 0 Å². The molecule has 7 heteroatoms. The first-order valence-electron chi connectivity index (χ1n) is 4.59. The molecule has 0 spiro atoms. The summed E-state index contributed by atoms with van der Waals surface area (Å²) in [6.07, 6.45) is -3.11. The highest BCUT2D eigenvalue weighted by Gasteiger charge is 2.39. The molecule has 4 atom stereocenters. The molecule has 0 aromatic carbocycles. The first-order valence-corrected chi connectivity index (χ1v) is 4.59. The summed E-state index contributed by atoms with van der Waals surface area (Å²) in [5.74, 6) is -0.699. The van der Waals surface area contributed by atoms with E-state index in [1.165, 1.54) is 0 Å². The van der Waals surface area contributed by atoms with Crippen LogP contribution in [0.3, 0.4) is 0 Å². The number of nitrogens with one attached hydrogen (secondary N) is 1. The van der Waals surface area contributed by atoms with E-state index in [4.69, 9.17) is 14.9 Å². The Kier molecular flexibility index (Phi) is 4.43. The second kappa shape index (κ2) is 5.38. The topological polar surface area (TPSA) is 119 Å². The van der Waals surface area contributed by atoms with Gasteiger partial charge in [0.25, 0.3) is 0 Å². The molecular weight excluding hydrogens is 206 g/mol. The smallest absolute Gasteiger partial charge is 0.246 e. The Bertz CT molecular complexity index is 221. The summed E-state index contributed by atoms with van der Waals surface area (Å²) in [5, 5.41) is 38.5. The molecule has 5 N–H and O–H groups in total. The standard InChI is InChI=1S/C8H15NO6/c10-1-5-7(9-6(13)2-11)8(14)4(12)3-15-5/h4-5,7-8,10-12,14H,1-3H2,(H,9,13)/t4-,5+,7+,8+/m0/s1. The first-order chi connectivity index (χ1) is 7.10. The fraction of sp³-hybridized carbons (Fsp3) is 0.875. The summed E-state index contributed by atoms with van der Waals surface area (Å²) >= 11 is 0. The van der Waals surface area contributed by atoms with Gasteiger partial charge in [0.2, 0.25) is 5.91 Å². The van der Waals surface area contributed by atoms with Crippen LogP contribution >= 0.6 is 0 Å². The number of carbonyl (C=O) groups excluding carboxylic acids is 1. The lowest BCUT2D eigenvalue weighted by atomic mass is 9.97. The van der Waals surface area contributed by atoms with Gasteiger partial charge in [-0.15, -0.1) is 0 Å². The average molecular weight is 221 g/mol. The van der Waals surface area contributed by atoms with Crippen LogP contribution in [0.2, 0.25) is 0 Å². The molecule has 0 radical (unpaired) electrons. The molecule has 1 fully saturated rings. The van der Waals surface area contributed by atoms with Gasteiger partial charge in [-0.1, -0.05) is 0 Å². The Morgan fingerprint density at radius 3 is 2.60 bits per heavy atom. The zero-order valence-electron chi connectivity index (χ0n) is 8.04. The summed E-state index contributed by atoms with van der Waals surface area (Å²) in [4.78, 5) is 10.9. The summed E-state index contributed by atoms with van der Waals surface area (Å²) < 4.78 is 5.01. The maximum Gasteiger partial charge on any atom is 0.246 e. The molecule has 1 saturated heterocycles. The van der Waals surface area contributed by atoms with Gasteiger partial charge in [-0.25, -0.2) is 0 Å². The lowest BCUT2D eigenvalue weighted by molar-refractivity contribution is -0.157. The normalized spacial score (nSPS) is 36.3. The number of aliphatic hydroxyl groups excluding tert-OH is 4. The van der Waals surface area contributed by atoms with Crippen LogP contribution in [0.5, 0.6) is 0 Å². The molecule has 1 rings (SSSR count). The van der Waals surface area contributed by atoms with Crippen LogP contribution in [0.4, 0.5) is 0 Å². The summed E-state index contributed by atoms with van der Waals surface area (Å²) in [6.45, 7) is -1.21. The van der Waals surface area contributed by atoms with Gasteiger partial charge in [0.15, 0.2) is 0 Å². The predicted molar refractivity (Wildman–Crippen MR) is 47.9 cm³/mol. The van der Waals surface area contributed by atoms with Crippen molar-refractivity contribution in [3.8, 4) is 0 Å². The second-order valence-corrected chi connectivity index (χ2v) is 3.36. The Balaban J connectivity index is 2.64. The van der Waals surface area contributed by atoms with Gasteiger partial charge in [-0.05, 0) is 0 Å². The van der Waals surface area contributed by atoms with Crippen LogP contribution in [0.1, 0.15) is 0 Å². The van der Waals surface area contributed by atoms with Crippen molar-refractivity contribution in [3.05, 3.63) is 0 Å². The van der Waals surface area contributed by atoms with E-state index in [-0.39, 0.29) is 13.2 Å². The van der Waals surface area contributed by atoms with Crippen molar-refractivity contribution < 1.29 is 30.0 Å². The fourth-order valence-corrected chi connectivity index (χ4v) is 1.46. The average Bonchev–Trinajstić information content (AvgIpc) is 2.25. The zero-order chi connectivity index (χ0) is 11.4. The highest BCUT2D eigenvalue weighted by Crippen LogP contribution is 2.15. The third-order valence-corrected chi connectivity index (χ3v) is 2.29. The Morgan fingerprint density at radius 1 is 1.40 bits per heavy atom. The number of amides is 1. The van der Waals surface area contributed by atoms with Crippen LogP contribution in [-0.2, 0) is 9.53 Å². The highest BCUT2D eigenvalue weighted by molar-refractivity contribution is 5.77. The van der Waals surface area contributed by atoms with Gasteiger partial charge in [-0.2, -0.15) is 0 Å². The van der Waals surface area contributed by atoms with Crippen molar-refractivity contribution in [2.75, 3.05) is 19.8 Å². The van der Waals surface area contributed by atoms with Crippen LogP contribution in [0, 0.1) is 0 Å². The molecule has 1 aliphatic heterocycles. The number of hydrogen-bond acceptors (Lipinski definition) is 6. The minimum absolute atomic E-state index is 0.0993. The SMILES string of the molecule is O=C(CO)N[C@H]1[C@H](O)[C@@H](O)CO[C@@H]1CO. The summed E-state index contributed by atoms with van der Waals surface area (Å²) in [7, 11) is 0. The summed E-state index contributed by atoms with van der Waals surface area (Å²) in [6, 6.07) is -0.918. The van der Waals surface area contributed by atoms with E-state index in [9.17, 15) is 15.0 Å². The molecule has 0 aliphatic carbocycles. The number of carbonyl (C=O) groups is 1. The third kappa shape index (κ3) is 2.86. The Labute approximate surface area is 86.3 Å². The van der Waals surface area contributed by atoms with Crippen LogP contribution in [0.25, 0.3) is 0 Å². The van der Waals surface area contributed by atoms with Crippen molar-refractivity contribution in [2.24, 2.45) is 0 Å². The van der Waals surface area contributed by atoms with E-state index in [1.54, 1.807) is 0 Å². The van der Waals surface area contributed by atoms with Crippen LogP contribution < -0.4 is 5.32 Å². The Hall–Kier alpha value is -0.730. The van der Waals surface area contributed by atoms with E-state index < -0.39 is 36.9 Å². The molecule has 1 aliphatic rings. The van der Waals surface area contributed by atoms with Crippen molar-refractivity contribution in [1.82, 2.24) is 5.32 Å². The van der Waals surface area contributed by atoms with Crippen molar-refractivity contribution in [1.29, 1.82) is 0 Å². The van der Waals surface area contributed by atoms with Crippen molar-refractivity contribution in [2.45, 2.75) is 24.4 Å². The molecule has 0 aromatic heterocycles. The van der Waals surface area contributed by atoms with Gasteiger partial charge in [-0.3, -0.25) is 4.79 Å². The van der Waals surface area contributed by atoms with E-state index in [1.807, 2.05) is 0 Å². The maximum atomic E-state index is 10.9. The molecule has 15 heavy (non-hydrogen) atoms. The molecule has 1 amide bonds. The largest absolute Gasteiger partial charge is 0.394 e. The number of ether oxygens (including phenoxy) is 1. The highest BCUT2D eigenvalue weighted by atomic mass is 16.5. The second-order valence-electron chi connectivity index (χ2n) is 3.36. The van der Waals surface area contributed by atoms with E-state index in [0.717, 1.165) is 0 Å². The first kappa shape index (κ1) is 12.3. The molecular formula is C8H15NO6. The van der Waals surface area contributed by atoms with Gasteiger partial charge in [0.1, 0.15) is 24.9 Å².